The minimum absolute atomic E-state index is 0.134. The van der Waals surface area contributed by atoms with Crippen molar-refractivity contribution in [1.82, 2.24) is 0 Å². The Morgan fingerprint density at radius 3 is 2.33 bits per heavy atom. The first kappa shape index (κ1) is 9.95. The van der Waals surface area contributed by atoms with E-state index in [1.54, 1.807) is 0 Å². The lowest BCUT2D eigenvalue weighted by atomic mass is 10.3. The first-order valence-corrected chi connectivity index (χ1v) is 6.03. The molecular formula is C7H16NO3S+. The van der Waals surface area contributed by atoms with Crippen LogP contribution < -0.4 is 4.90 Å². The Hall–Kier alpha value is -0.130. The minimum atomic E-state index is -2.76. The third-order valence-electron chi connectivity index (χ3n) is 2.44. The van der Waals surface area contributed by atoms with Gasteiger partial charge in [0.25, 0.3) is 0 Å². The Morgan fingerprint density at radius 1 is 1.42 bits per heavy atom. The van der Waals surface area contributed by atoms with E-state index in [1.165, 1.54) is 4.90 Å². The van der Waals surface area contributed by atoms with Gasteiger partial charge < -0.3 is 10.0 Å². The van der Waals surface area contributed by atoms with Crippen molar-refractivity contribution in [1.29, 1.82) is 0 Å². The van der Waals surface area contributed by atoms with Crippen molar-refractivity contribution in [3.8, 4) is 0 Å². The molecular weight excluding hydrogens is 178 g/mol. The van der Waals surface area contributed by atoms with Crippen molar-refractivity contribution in [3.63, 3.8) is 0 Å². The van der Waals surface area contributed by atoms with Crippen LogP contribution in [0, 0.1) is 0 Å². The van der Waals surface area contributed by atoms with Crippen molar-refractivity contribution in [2.75, 3.05) is 31.2 Å². The predicted molar refractivity (Wildman–Crippen MR) is 45.9 cm³/mol. The third-order valence-corrected chi connectivity index (χ3v) is 4.09. The predicted octanol–water partition coefficient (Wildman–Crippen LogP) is -2.32. The van der Waals surface area contributed by atoms with Gasteiger partial charge in [-0.05, 0) is 6.92 Å². The zero-order valence-corrected chi connectivity index (χ0v) is 8.10. The van der Waals surface area contributed by atoms with Gasteiger partial charge in [0.1, 0.15) is 6.04 Å². The van der Waals surface area contributed by atoms with Crippen LogP contribution in [0.25, 0.3) is 0 Å². The van der Waals surface area contributed by atoms with E-state index in [2.05, 4.69) is 0 Å². The standard InChI is InChI=1S/C7H15NO3S/c1-7(6-9)8-2-4-12(10,11)5-3-8/h7,9H,2-6H2,1H3/p+1/t7-/m0/s1. The van der Waals surface area contributed by atoms with Crippen LogP contribution in [0.3, 0.4) is 0 Å². The summed E-state index contributed by atoms with van der Waals surface area (Å²) in [6, 6.07) is 0.167. The summed E-state index contributed by atoms with van der Waals surface area (Å²) in [4.78, 5) is 1.20. The van der Waals surface area contributed by atoms with E-state index in [9.17, 15) is 8.42 Å². The monoisotopic (exact) mass is 194 g/mol. The average Bonchev–Trinajstić information content (AvgIpc) is 2.03. The molecule has 0 radical (unpaired) electrons. The zero-order chi connectivity index (χ0) is 9.19. The topological polar surface area (TPSA) is 58.8 Å². The first-order valence-electron chi connectivity index (χ1n) is 4.21. The summed E-state index contributed by atoms with van der Waals surface area (Å²) in [6.45, 7) is 3.36. The molecule has 0 aliphatic carbocycles. The smallest absolute Gasteiger partial charge is 0.161 e. The highest BCUT2D eigenvalue weighted by atomic mass is 32.2. The second-order valence-corrected chi connectivity index (χ2v) is 5.70. The largest absolute Gasteiger partial charge is 0.390 e. The van der Waals surface area contributed by atoms with E-state index in [1.807, 2.05) is 6.92 Å². The van der Waals surface area contributed by atoms with Gasteiger partial charge in [0.05, 0.1) is 31.2 Å². The SMILES string of the molecule is C[C@@H](CO)[NH+]1CCS(=O)(=O)CC1. The Morgan fingerprint density at radius 2 is 1.92 bits per heavy atom. The first-order chi connectivity index (χ1) is 5.55. The van der Waals surface area contributed by atoms with Gasteiger partial charge in [-0.1, -0.05) is 0 Å². The van der Waals surface area contributed by atoms with Crippen LogP contribution in [0.1, 0.15) is 6.92 Å². The van der Waals surface area contributed by atoms with E-state index in [0.29, 0.717) is 13.1 Å². The molecule has 0 aromatic heterocycles. The van der Waals surface area contributed by atoms with Crippen molar-refractivity contribution < 1.29 is 18.4 Å². The summed E-state index contributed by atoms with van der Waals surface area (Å²) in [5.74, 6) is 0.541. The van der Waals surface area contributed by atoms with Gasteiger partial charge >= 0.3 is 0 Å². The molecule has 0 saturated carbocycles. The molecule has 0 spiro atoms. The summed E-state index contributed by atoms with van der Waals surface area (Å²) in [6.07, 6.45) is 0. The number of sulfone groups is 1. The lowest BCUT2D eigenvalue weighted by Gasteiger charge is -2.27. The molecule has 5 heteroatoms. The van der Waals surface area contributed by atoms with E-state index in [0.717, 1.165) is 0 Å². The number of hydrogen-bond donors (Lipinski definition) is 2. The molecule has 1 heterocycles. The molecule has 4 nitrogen and oxygen atoms in total. The maximum atomic E-state index is 11.0. The van der Waals surface area contributed by atoms with Crippen molar-refractivity contribution in [2.45, 2.75) is 13.0 Å². The van der Waals surface area contributed by atoms with Gasteiger partial charge in [0.15, 0.2) is 9.84 Å². The molecule has 0 unspecified atom stereocenters. The van der Waals surface area contributed by atoms with Crippen LogP contribution in [-0.2, 0) is 9.84 Å². The number of aliphatic hydroxyl groups excluding tert-OH is 1. The maximum Gasteiger partial charge on any atom is 0.161 e. The highest BCUT2D eigenvalue weighted by Crippen LogP contribution is 1.90. The maximum absolute atomic E-state index is 11.0. The van der Waals surface area contributed by atoms with Crippen LogP contribution in [0.15, 0.2) is 0 Å². The molecule has 1 fully saturated rings. The van der Waals surface area contributed by atoms with Gasteiger partial charge in [-0.2, -0.15) is 0 Å². The van der Waals surface area contributed by atoms with E-state index < -0.39 is 9.84 Å². The van der Waals surface area contributed by atoms with Crippen molar-refractivity contribution >= 4 is 9.84 Å². The van der Waals surface area contributed by atoms with Crippen LogP contribution in [0.5, 0.6) is 0 Å². The molecule has 0 amide bonds. The Kier molecular flexibility index (Phi) is 3.09. The molecule has 1 atom stereocenters. The molecule has 2 N–H and O–H groups in total. The Bertz CT molecular complexity index is 223. The fourth-order valence-corrected chi connectivity index (χ4v) is 2.77. The summed E-state index contributed by atoms with van der Waals surface area (Å²) >= 11 is 0. The lowest BCUT2D eigenvalue weighted by molar-refractivity contribution is -0.920. The van der Waals surface area contributed by atoms with Crippen LogP contribution >= 0.6 is 0 Å². The minimum Gasteiger partial charge on any atom is -0.390 e. The molecule has 0 aromatic rings. The molecule has 0 aromatic carbocycles. The normalized spacial score (nSPS) is 26.8. The zero-order valence-electron chi connectivity index (χ0n) is 7.28. The quantitative estimate of drug-likeness (QED) is 0.519. The number of quaternary nitrogens is 1. The molecule has 1 aliphatic rings. The number of hydrogen-bond acceptors (Lipinski definition) is 3. The number of nitrogens with one attached hydrogen (secondary N) is 1. The van der Waals surface area contributed by atoms with Crippen LogP contribution in [-0.4, -0.2) is 50.8 Å². The summed E-state index contributed by atoms with van der Waals surface area (Å²) in [5.41, 5.74) is 0. The fraction of sp³-hybridized carbons (Fsp3) is 1.00. The highest BCUT2D eigenvalue weighted by molar-refractivity contribution is 7.91. The molecule has 1 rings (SSSR count). The van der Waals surface area contributed by atoms with Gasteiger partial charge in [-0.15, -0.1) is 0 Å². The molecule has 12 heavy (non-hydrogen) atoms. The summed E-state index contributed by atoms with van der Waals surface area (Å²) in [5, 5.41) is 8.85. The number of aliphatic hydroxyl groups is 1. The number of rotatable bonds is 2. The third kappa shape index (κ3) is 2.43. The lowest BCUT2D eigenvalue weighted by Crippen LogP contribution is -3.18. The van der Waals surface area contributed by atoms with Gasteiger partial charge in [0.2, 0.25) is 0 Å². The highest BCUT2D eigenvalue weighted by Gasteiger charge is 2.27. The van der Waals surface area contributed by atoms with Crippen LogP contribution in [0.2, 0.25) is 0 Å². The van der Waals surface area contributed by atoms with Gasteiger partial charge in [-0.3, -0.25) is 0 Å². The van der Waals surface area contributed by atoms with Crippen molar-refractivity contribution in [2.24, 2.45) is 0 Å². The molecule has 72 valence electrons. The fourth-order valence-electron chi connectivity index (χ4n) is 1.42. The summed E-state index contributed by atoms with van der Waals surface area (Å²) < 4.78 is 22.1. The second-order valence-electron chi connectivity index (χ2n) is 3.39. The van der Waals surface area contributed by atoms with Gasteiger partial charge in [0, 0.05) is 0 Å². The van der Waals surface area contributed by atoms with Crippen LogP contribution in [0.4, 0.5) is 0 Å². The second kappa shape index (κ2) is 3.72. The van der Waals surface area contributed by atoms with Crippen molar-refractivity contribution in [3.05, 3.63) is 0 Å². The van der Waals surface area contributed by atoms with Gasteiger partial charge in [-0.25, -0.2) is 8.42 Å². The van der Waals surface area contributed by atoms with E-state index in [-0.39, 0.29) is 24.2 Å². The van der Waals surface area contributed by atoms with E-state index in [4.69, 9.17) is 5.11 Å². The Balaban J connectivity index is 2.46. The molecule has 1 aliphatic heterocycles. The molecule has 0 bridgehead atoms. The summed E-state index contributed by atoms with van der Waals surface area (Å²) in [7, 11) is -2.76. The van der Waals surface area contributed by atoms with E-state index >= 15 is 0 Å². The molecule has 1 saturated heterocycles. The average molecular weight is 194 g/mol. The Labute approximate surface area is 73.1 Å².